The molecule has 0 fully saturated rings. The van der Waals surface area contributed by atoms with E-state index in [9.17, 15) is 14.9 Å². The molecule has 134 valence electrons. The van der Waals surface area contributed by atoms with Gasteiger partial charge in [0.15, 0.2) is 4.77 Å². The third-order valence-electron chi connectivity index (χ3n) is 3.94. The highest BCUT2D eigenvalue weighted by Gasteiger charge is 2.15. The van der Waals surface area contributed by atoms with Gasteiger partial charge in [-0.1, -0.05) is 36.4 Å². The molecule has 0 saturated carbocycles. The highest BCUT2D eigenvalue weighted by Crippen LogP contribution is 2.29. The molecule has 0 bridgehead atoms. The van der Waals surface area contributed by atoms with Crippen molar-refractivity contribution >= 4 is 18.2 Å². The summed E-state index contributed by atoms with van der Waals surface area (Å²) in [4.78, 5) is 29.5. The summed E-state index contributed by atoms with van der Waals surface area (Å²) in [6, 6.07) is 16.2. The number of nitriles is 1. The van der Waals surface area contributed by atoms with E-state index in [1.807, 2.05) is 24.3 Å². The van der Waals surface area contributed by atoms with Crippen LogP contribution in [0.1, 0.15) is 22.8 Å². The molecule has 0 radical (unpaired) electrons. The number of nitrogens with one attached hydrogen (secondary N) is 2. The highest BCUT2D eigenvalue weighted by molar-refractivity contribution is 7.71. The predicted molar refractivity (Wildman–Crippen MR) is 104 cm³/mol. The van der Waals surface area contributed by atoms with E-state index < -0.39 is 11.5 Å². The van der Waals surface area contributed by atoms with Crippen LogP contribution in [0.4, 0.5) is 0 Å². The van der Waals surface area contributed by atoms with Crippen LogP contribution in [-0.2, 0) is 4.74 Å². The van der Waals surface area contributed by atoms with Crippen molar-refractivity contribution in [2.24, 2.45) is 0 Å². The van der Waals surface area contributed by atoms with Crippen LogP contribution in [0.5, 0.6) is 0 Å². The maximum Gasteiger partial charge on any atom is 0.338 e. The molecule has 27 heavy (non-hydrogen) atoms. The molecule has 3 aromatic rings. The number of aromatic nitrogens is 2. The van der Waals surface area contributed by atoms with Gasteiger partial charge in [0.05, 0.1) is 17.9 Å². The van der Waals surface area contributed by atoms with Gasteiger partial charge in [0.2, 0.25) is 0 Å². The molecule has 1 aromatic heterocycles. The summed E-state index contributed by atoms with van der Waals surface area (Å²) in [5.74, 6) is -0.410. The summed E-state index contributed by atoms with van der Waals surface area (Å²) < 4.78 is 5.26. The molecule has 0 unspecified atom stereocenters. The van der Waals surface area contributed by atoms with E-state index >= 15 is 0 Å². The summed E-state index contributed by atoms with van der Waals surface area (Å²) in [5, 5.41) is 9.33. The van der Waals surface area contributed by atoms with Crippen molar-refractivity contribution in [3.63, 3.8) is 0 Å². The van der Waals surface area contributed by atoms with E-state index in [1.165, 1.54) is 0 Å². The fourth-order valence-electron chi connectivity index (χ4n) is 2.77. The van der Waals surface area contributed by atoms with Gasteiger partial charge in [0.1, 0.15) is 11.6 Å². The van der Waals surface area contributed by atoms with Crippen LogP contribution in [0.3, 0.4) is 0 Å². The second-order valence-corrected chi connectivity index (χ2v) is 6.03. The molecule has 0 aliphatic carbocycles. The van der Waals surface area contributed by atoms with Gasteiger partial charge in [-0.15, -0.1) is 0 Å². The van der Waals surface area contributed by atoms with E-state index in [-0.39, 0.29) is 16.9 Å². The third-order valence-corrected chi connectivity index (χ3v) is 4.14. The number of aromatic amines is 2. The maximum atomic E-state index is 12.3. The molecular formula is C20H15N3O3S. The minimum atomic E-state index is -0.548. The molecule has 7 heteroatoms. The maximum absolute atomic E-state index is 12.3. The first kappa shape index (κ1) is 18.3. The largest absolute Gasteiger partial charge is 0.462 e. The number of hydrogen-bond acceptors (Lipinski definition) is 5. The van der Waals surface area contributed by atoms with Crippen molar-refractivity contribution in [3.05, 3.63) is 74.8 Å². The number of rotatable bonds is 4. The van der Waals surface area contributed by atoms with Crippen molar-refractivity contribution < 1.29 is 9.53 Å². The molecule has 2 aromatic carbocycles. The molecular weight excluding hydrogens is 362 g/mol. The number of hydrogen-bond donors (Lipinski definition) is 2. The quantitative estimate of drug-likeness (QED) is 0.532. The number of esters is 1. The van der Waals surface area contributed by atoms with E-state index in [0.717, 1.165) is 5.56 Å². The van der Waals surface area contributed by atoms with Crippen LogP contribution in [-0.4, -0.2) is 22.5 Å². The molecule has 0 atom stereocenters. The molecule has 0 saturated heterocycles. The van der Waals surface area contributed by atoms with Crippen LogP contribution in [0.15, 0.2) is 53.3 Å². The zero-order valence-electron chi connectivity index (χ0n) is 14.4. The summed E-state index contributed by atoms with van der Waals surface area (Å²) in [6.45, 7) is 2.03. The van der Waals surface area contributed by atoms with Gasteiger partial charge in [-0.3, -0.25) is 9.78 Å². The Morgan fingerprint density at radius 1 is 1.15 bits per heavy atom. The van der Waals surface area contributed by atoms with E-state index in [4.69, 9.17) is 17.0 Å². The number of nitrogens with zero attached hydrogens (tertiary/aromatic N) is 1. The summed E-state index contributed by atoms with van der Waals surface area (Å²) in [6.07, 6.45) is 0. The van der Waals surface area contributed by atoms with E-state index in [2.05, 4.69) is 9.97 Å². The van der Waals surface area contributed by atoms with Gasteiger partial charge >= 0.3 is 5.97 Å². The van der Waals surface area contributed by atoms with Crippen molar-refractivity contribution in [3.8, 4) is 28.5 Å². The lowest BCUT2D eigenvalue weighted by Crippen LogP contribution is -2.13. The first-order chi connectivity index (χ1) is 13.0. The third kappa shape index (κ3) is 3.71. The van der Waals surface area contributed by atoms with Crippen molar-refractivity contribution in [2.75, 3.05) is 6.61 Å². The summed E-state index contributed by atoms with van der Waals surface area (Å²) in [5.41, 5.74) is 2.23. The molecule has 1 heterocycles. The Hall–Kier alpha value is -3.50. The summed E-state index contributed by atoms with van der Waals surface area (Å²) in [7, 11) is 0. The Kier molecular flexibility index (Phi) is 5.29. The molecule has 2 N–H and O–H groups in total. The van der Waals surface area contributed by atoms with Gasteiger partial charge in [0, 0.05) is 5.56 Å². The lowest BCUT2D eigenvalue weighted by atomic mass is 9.96. The number of ether oxygens (including phenoxy) is 1. The lowest BCUT2D eigenvalue weighted by molar-refractivity contribution is 0.0527. The zero-order valence-corrected chi connectivity index (χ0v) is 15.2. The summed E-state index contributed by atoms with van der Waals surface area (Å²) >= 11 is 5.02. The van der Waals surface area contributed by atoms with Crippen molar-refractivity contribution in [1.29, 1.82) is 5.26 Å². The smallest absolute Gasteiger partial charge is 0.338 e. The Morgan fingerprint density at radius 3 is 2.63 bits per heavy atom. The molecule has 0 spiro atoms. The van der Waals surface area contributed by atoms with Gasteiger partial charge in [-0.05, 0) is 42.4 Å². The average molecular weight is 377 g/mol. The molecule has 0 aliphatic heterocycles. The number of benzene rings is 2. The molecule has 0 amide bonds. The minimum absolute atomic E-state index is 0.0561. The Labute approximate surface area is 160 Å². The van der Waals surface area contributed by atoms with Crippen LogP contribution < -0.4 is 5.56 Å². The monoisotopic (exact) mass is 377 g/mol. The van der Waals surface area contributed by atoms with Crippen molar-refractivity contribution in [1.82, 2.24) is 9.97 Å². The SMILES string of the molecule is CCOC(=O)c1ccccc1-c1cccc(-c2[nH]c(=S)[nH]c(=O)c2C#N)c1. The normalized spacial score (nSPS) is 10.2. The molecule has 0 aliphatic rings. The van der Waals surface area contributed by atoms with Gasteiger partial charge < -0.3 is 9.72 Å². The second kappa shape index (κ2) is 7.81. The van der Waals surface area contributed by atoms with Gasteiger partial charge in [-0.25, -0.2) is 4.79 Å². The van der Waals surface area contributed by atoms with Crippen LogP contribution >= 0.6 is 12.2 Å². The van der Waals surface area contributed by atoms with Crippen molar-refractivity contribution in [2.45, 2.75) is 6.92 Å². The lowest BCUT2D eigenvalue weighted by Gasteiger charge is -2.11. The van der Waals surface area contributed by atoms with Crippen LogP contribution in [0.25, 0.3) is 22.4 Å². The van der Waals surface area contributed by atoms with E-state index in [0.29, 0.717) is 22.4 Å². The van der Waals surface area contributed by atoms with Crippen LogP contribution in [0.2, 0.25) is 0 Å². The average Bonchev–Trinajstić information content (AvgIpc) is 2.68. The number of H-pyrrole nitrogens is 2. The standard InChI is InChI=1S/C20H15N3O3S/c1-2-26-19(25)15-9-4-3-8-14(15)12-6-5-7-13(10-12)17-16(11-21)18(24)23-20(27)22-17/h3-10H,2H2,1H3,(H2,22,23,24,27). The second-order valence-electron chi connectivity index (χ2n) is 5.62. The zero-order chi connectivity index (χ0) is 19.4. The number of carbonyl (C=O) groups is 1. The van der Waals surface area contributed by atoms with E-state index in [1.54, 1.807) is 37.3 Å². The predicted octanol–water partition coefficient (Wildman–Crippen LogP) is 3.81. The Balaban J connectivity index is 2.18. The Bertz CT molecular complexity index is 1170. The minimum Gasteiger partial charge on any atom is -0.462 e. The van der Waals surface area contributed by atoms with Gasteiger partial charge in [-0.2, -0.15) is 5.26 Å². The number of carbonyl (C=O) groups excluding carboxylic acids is 1. The first-order valence-corrected chi connectivity index (χ1v) is 8.59. The topological polar surface area (TPSA) is 98.7 Å². The Morgan fingerprint density at radius 2 is 1.89 bits per heavy atom. The fourth-order valence-corrected chi connectivity index (χ4v) is 2.97. The van der Waals surface area contributed by atoms with Gasteiger partial charge in [0.25, 0.3) is 5.56 Å². The van der Waals surface area contributed by atoms with Crippen LogP contribution in [0, 0.1) is 16.1 Å². The highest BCUT2D eigenvalue weighted by atomic mass is 32.1. The molecule has 3 rings (SSSR count). The first-order valence-electron chi connectivity index (χ1n) is 8.18. The molecule has 6 nitrogen and oxygen atoms in total. The fraction of sp³-hybridized carbons (Fsp3) is 0.100.